The van der Waals surface area contributed by atoms with Crippen molar-refractivity contribution in [1.29, 1.82) is 0 Å². The van der Waals surface area contributed by atoms with Crippen molar-refractivity contribution in [3.8, 4) is 0 Å². The number of hydrogen-bond donors (Lipinski definition) is 0. The Kier molecular flexibility index (Phi) is 2.42. The van der Waals surface area contributed by atoms with E-state index in [4.69, 9.17) is 0 Å². The van der Waals surface area contributed by atoms with Crippen LogP contribution in [0.15, 0.2) is 23.2 Å². The number of nitrogens with zero attached hydrogens (tertiary/aromatic N) is 1. The van der Waals surface area contributed by atoms with Crippen LogP contribution in [0.3, 0.4) is 0 Å². The second kappa shape index (κ2) is 3.33. The zero-order valence-electron chi connectivity index (χ0n) is 7.09. The van der Waals surface area contributed by atoms with Gasteiger partial charge in [-0.05, 0) is 37.3 Å². The molecule has 1 aromatic carbocycles. The van der Waals surface area contributed by atoms with Crippen molar-refractivity contribution in [1.82, 2.24) is 0 Å². The van der Waals surface area contributed by atoms with Gasteiger partial charge < -0.3 is 0 Å². The number of hydrogen-bond acceptors (Lipinski definition) is 1. The fourth-order valence-electron chi connectivity index (χ4n) is 1.10. The van der Waals surface area contributed by atoms with Crippen LogP contribution in [-0.4, -0.2) is 6.72 Å². The summed E-state index contributed by atoms with van der Waals surface area (Å²) in [6, 6.07) is 6.27. The molecule has 58 valence electrons. The van der Waals surface area contributed by atoms with Gasteiger partial charge in [0.2, 0.25) is 0 Å². The molecule has 1 nitrogen and oxygen atoms in total. The molecule has 0 aromatic heterocycles. The van der Waals surface area contributed by atoms with Crippen LogP contribution in [-0.2, 0) is 6.54 Å². The van der Waals surface area contributed by atoms with E-state index in [1.807, 2.05) is 0 Å². The smallest absolute Gasteiger partial charge is 0.0635 e. The average Bonchev–Trinajstić information content (AvgIpc) is 1.99. The Morgan fingerprint density at radius 2 is 2.09 bits per heavy atom. The highest BCUT2D eigenvalue weighted by Crippen LogP contribution is 2.12. The molecule has 0 amide bonds. The molecule has 0 spiro atoms. The van der Waals surface area contributed by atoms with E-state index in [0.717, 1.165) is 6.54 Å². The van der Waals surface area contributed by atoms with Gasteiger partial charge in [-0.25, -0.2) is 0 Å². The molecule has 0 aliphatic carbocycles. The monoisotopic (exact) mass is 147 g/mol. The Bertz CT molecular complexity index is 264. The van der Waals surface area contributed by atoms with Crippen molar-refractivity contribution < 1.29 is 0 Å². The van der Waals surface area contributed by atoms with Crippen LogP contribution in [0.1, 0.15) is 16.7 Å². The van der Waals surface area contributed by atoms with E-state index in [2.05, 4.69) is 43.8 Å². The van der Waals surface area contributed by atoms with Crippen molar-refractivity contribution in [2.75, 3.05) is 0 Å². The fraction of sp³-hybridized carbons (Fsp3) is 0.300. The van der Waals surface area contributed by atoms with Gasteiger partial charge in [0.05, 0.1) is 6.54 Å². The zero-order valence-corrected chi connectivity index (χ0v) is 7.09. The van der Waals surface area contributed by atoms with Crippen LogP contribution < -0.4 is 0 Å². The van der Waals surface area contributed by atoms with Crippen molar-refractivity contribution >= 4 is 6.72 Å². The normalized spacial score (nSPS) is 9.64. The lowest BCUT2D eigenvalue weighted by Crippen LogP contribution is -1.89. The van der Waals surface area contributed by atoms with Gasteiger partial charge in [0, 0.05) is 0 Å². The van der Waals surface area contributed by atoms with Gasteiger partial charge in [0.25, 0.3) is 0 Å². The molecule has 0 atom stereocenters. The van der Waals surface area contributed by atoms with Crippen molar-refractivity contribution in [3.05, 3.63) is 34.9 Å². The maximum absolute atomic E-state index is 3.86. The minimum atomic E-state index is 0.730. The largest absolute Gasteiger partial charge is 0.296 e. The summed E-state index contributed by atoms with van der Waals surface area (Å²) in [4.78, 5) is 3.86. The summed E-state index contributed by atoms with van der Waals surface area (Å²) in [6.07, 6.45) is 0. The summed E-state index contributed by atoms with van der Waals surface area (Å²) in [7, 11) is 0. The minimum absolute atomic E-state index is 0.730. The van der Waals surface area contributed by atoms with Crippen LogP contribution in [0.2, 0.25) is 0 Å². The fourth-order valence-corrected chi connectivity index (χ4v) is 1.10. The minimum Gasteiger partial charge on any atom is -0.296 e. The van der Waals surface area contributed by atoms with Crippen molar-refractivity contribution in [3.63, 3.8) is 0 Å². The number of aliphatic imine (C=N–C) groups is 1. The molecule has 1 heteroatoms. The highest BCUT2D eigenvalue weighted by molar-refractivity contribution is 5.34. The highest BCUT2D eigenvalue weighted by atomic mass is 14.7. The van der Waals surface area contributed by atoms with E-state index in [-0.39, 0.29) is 0 Å². The molecule has 0 bridgehead atoms. The van der Waals surface area contributed by atoms with Gasteiger partial charge in [-0.15, -0.1) is 0 Å². The van der Waals surface area contributed by atoms with Gasteiger partial charge in [-0.3, -0.25) is 4.99 Å². The van der Waals surface area contributed by atoms with E-state index in [1.165, 1.54) is 16.7 Å². The van der Waals surface area contributed by atoms with Crippen LogP contribution >= 0.6 is 0 Å². The molecule has 0 unspecified atom stereocenters. The zero-order chi connectivity index (χ0) is 8.27. The van der Waals surface area contributed by atoms with Crippen LogP contribution in [0.25, 0.3) is 0 Å². The Balaban J connectivity index is 3.05. The highest BCUT2D eigenvalue weighted by Gasteiger charge is 1.97. The third kappa shape index (κ3) is 1.67. The summed E-state index contributed by atoms with van der Waals surface area (Å²) in [6.45, 7) is 8.44. The number of aryl methyl sites for hydroxylation is 1. The molecule has 1 rings (SSSR count). The van der Waals surface area contributed by atoms with E-state index < -0.39 is 0 Å². The van der Waals surface area contributed by atoms with E-state index >= 15 is 0 Å². The lowest BCUT2D eigenvalue weighted by molar-refractivity contribution is 1.05. The van der Waals surface area contributed by atoms with E-state index in [1.54, 1.807) is 0 Å². The second-order valence-corrected chi connectivity index (χ2v) is 2.74. The molecule has 0 fully saturated rings. The molecule has 0 aliphatic rings. The third-order valence-electron chi connectivity index (χ3n) is 2.00. The first-order chi connectivity index (χ1) is 5.25. The van der Waals surface area contributed by atoms with Crippen LogP contribution in [0.4, 0.5) is 0 Å². The molecule has 0 radical (unpaired) electrons. The molecule has 1 aromatic rings. The third-order valence-corrected chi connectivity index (χ3v) is 2.00. The summed E-state index contributed by atoms with van der Waals surface area (Å²) >= 11 is 0. The van der Waals surface area contributed by atoms with Crippen LogP contribution in [0.5, 0.6) is 0 Å². The lowest BCUT2D eigenvalue weighted by Gasteiger charge is -2.04. The first kappa shape index (κ1) is 7.99. The van der Waals surface area contributed by atoms with Gasteiger partial charge in [0.1, 0.15) is 0 Å². The second-order valence-electron chi connectivity index (χ2n) is 2.74. The van der Waals surface area contributed by atoms with Crippen LogP contribution in [0, 0.1) is 13.8 Å². The number of rotatable bonds is 2. The quantitative estimate of drug-likeness (QED) is 0.570. The topological polar surface area (TPSA) is 12.4 Å². The standard InChI is InChI=1S/C10H13N/c1-8-5-4-6-10(7-11-3)9(8)2/h4-6H,3,7H2,1-2H3. The molecular formula is C10H13N. The predicted octanol–water partition coefficient (Wildman–Crippen LogP) is 2.50. The lowest BCUT2D eigenvalue weighted by atomic mass is 10.0. The Hall–Kier alpha value is -1.11. The Labute approximate surface area is 67.8 Å². The Morgan fingerprint density at radius 3 is 2.73 bits per heavy atom. The number of benzene rings is 1. The molecule has 0 heterocycles. The first-order valence-electron chi connectivity index (χ1n) is 3.73. The maximum atomic E-state index is 3.86. The van der Waals surface area contributed by atoms with Crippen molar-refractivity contribution in [2.24, 2.45) is 4.99 Å². The van der Waals surface area contributed by atoms with E-state index in [9.17, 15) is 0 Å². The summed E-state index contributed by atoms with van der Waals surface area (Å²) in [5, 5.41) is 0. The molecule has 11 heavy (non-hydrogen) atoms. The van der Waals surface area contributed by atoms with Gasteiger partial charge in [-0.1, -0.05) is 18.2 Å². The van der Waals surface area contributed by atoms with E-state index in [0.29, 0.717) is 0 Å². The summed E-state index contributed by atoms with van der Waals surface area (Å²) in [5.41, 5.74) is 3.94. The molecular weight excluding hydrogens is 134 g/mol. The predicted molar refractivity (Wildman–Crippen MR) is 49.2 cm³/mol. The van der Waals surface area contributed by atoms with Gasteiger partial charge in [-0.2, -0.15) is 0 Å². The molecule has 0 saturated heterocycles. The summed E-state index contributed by atoms with van der Waals surface area (Å²) < 4.78 is 0. The molecule has 0 saturated carbocycles. The van der Waals surface area contributed by atoms with Gasteiger partial charge in [0.15, 0.2) is 0 Å². The SMILES string of the molecule is C=NCc1cccc(C)c1C. The van der Waals surface area contributed by atoms with Crippen molar-refractivity contribution in [2.45, 2.75) is 20.4 Å². The maximum Gasteiger partial charge on any atom is 0.0635 e. The Morgan fingerprint density at radius 1 is 1.36 bits per heavy atom. The molecule has 0 N–H and O–H groups in total. The summed E-state index contributed by atoms with van der Waals surface area (Å²) in [5.74, 6) is 0. The first-order valence-corrected chi connectivity index (χ1v) is 3.73. The average molecular weight is 147 g/mol. The van der Waals surface area contributed by atoms with Gasteiger partial charge >= 0.3 is 0 Å². The molecule has 0 aliphatic heterocycles.